The summed E-state index contributed by atoms with van der Waals surface area (Å²) < 4.78 is 1.97. The van der Waals surface area contributed by atoms with Gasteiger partial charge in [0.1, 0.15) is 0 Å². The van der Waals surface area contributed by atoms with Crippen LogP contribution >= 0.6 is 0 Å². The Hall–Kier alpha value is -1.36. The molecule has 0 spiro atoms. The second-order valence-corrected chi connectivity index (χ2v) is 4.56. The van der Waals surface area contributed by atoms with Crippen LogP contribution in [-0.2, 0) is 11.3 Å². The topological polar surface area (TPSA) is 58.4 Å². The van der Waals surface area contributed by atoms with Gasteiger partial charge in [-0.2, -0.15) is 5.10 Å². The van der Waals surface area contributed by atoms with Gasteiger partial charge in [0.25, 0.3) is 0 Å². The number of carboxylic acids is 1. The maximum atomic E-state index is 10.6. The first-order chi connectivity index (χ1) is 8.56. The van der Waals surface area contributed by atoms with Gasteiger partial charge in [-0.25, -0.2) is 0 Å². The minimum Gasteiger partial charge on any atom is -0.481 e. The molecule has 1 heterocycles. The molecule has 1 aromatic rings. The average molecular weight is 253 g/mol. The fourth-order valence-electron chi connectivity index (χ4n) is 1.73. The highest BCUT2D eigenvalue weighted by molar-refractivity contribution is 5.66. The number of nitrogens with zero attached hydrogens (tertiary/aromatic N) is 3. The molecule has 18 heavy (non-hydrogen) atoms. The van der Waals surface area contributed by atoms with Gasteiger partial charge >= 0.3 is 5.97 Å². The number of carboxylic acid groups (broad SMARTS) is 1. The first-order valence-corrected chi connectivity index (χ1v) is 6.55. The summed E-state index contributed by atoms with van der Waals surface area (Å²) in [5.41, 5.74) is 1.00. The van der Waals surface area contributed by atoms with E-state index in [-0.39, 0.29) is 6.42 Å². The van der Waals surface area contributed by atoms with Gasteiger partial charge in [0.05, 0.1) is 12.1 Å². The monoisotopic (exact) mass is 253 g/mol. The van der Waals surface area contributed by atoms with Crippen LogP contribution in [0.4, 0.5) is 0 Å². The van der Waals surface area contributed by atoms with Crippen LogP contribution < -0.4 is 0 Å². The molecule has 0 bridgehead atoms. The smallest absolute Gasteiger partial charge is 0.304 e. The van der Waals surface area contributed by atoms with Crippen LogP contribution in [0, 0.1) is 0 Å². The molecule has 0 aliphatic rings. The second-order valence-electron chi connectivity index (χ2n) is 4.56. The van der Waals surface area contributed by atoms with Crippen molar-refractivity contribution in [1.82, 2.24) is 14.7 Å². The van der Waals surface area contributed by atoms with Crippen molar-refractivity contribution in [3.05, 3.63) is 18.0 Å². The van der Waals surface area contributed by atoms with Crippen molar-refractivity contribution in [2.45, 2.75) is 46.2 Å². The summed E-state index contributed by atoms with van der Waals surface area (Å²) in [5.74, 6) is -0.751. The molecule has 0 radical (unpaired) electrons. The number of carbonyl (C=O) groups is 1. The lowest BCUT2D eigenvalue weighted by Crippen LogP contribution is -2.26. The normalized spacial score (nSPS) is 12.9. The van der Waals surface area contributed by atoms with Crippen molar-refractivity contribution in [1.29, 1.82) is 0 Å². The highest BCUT2D eigenvalue weighted by Crippen LogP contribution is 2.10. The van der Waals surface area contributed by atoms with Crippen LogP contribution in [0.1, 0.15) is 45.3 Å². The number of hydrogen-bond donors (Lipinski definition) is 1. The van der Waals surface area contributed by atoms with Gasteiger partial charge in [-0.15, -0.1) is 0 Å². The lowest BCUT2D eigenvalue weighted by molar-refractivity contribution is -0.137. The predicted molar refractivity (Wildman–Crippen MR) is 70.4 cm³/mol. The molecule has 0 saturated carbocycles. The molecule has 1 unspecified atom stereocenters. The van der Waals surface area contributed by atoms with Gasteiger partial charge in [0.15, 0.2) is 0 Å². The van der Waals surface area contributed by atoms with E-state index < -0.39 is 5.97 Å². The molecule has 0 fully saturated rings. The molecule has 5 heteroatoms. The van der Waals surface area contributed by atoms with Crippen molar-refractivity contribution < 1.29 is 9.90 Å². The van der Waals surface area contributed by atoms with Gasteiger partial charge < -0.3 is 5.11 Å². The number of rotatable bonds is 8. The van der Waals surface area contributed by atoms with Gasteiger partial charge in [-0.1, -0.05) is 13.8 Å². The summed E-state index contributed by atoms with van der Waals surface area (Å²) in [6.45, 7) is 8.43. The second kappa shape index (κ2) is 7.16. The van der Waals surface area contributed by atoms with Crippen molar-refractivity contribution in [2.75, 3.05) is 13.1 Å². The van der Waals surface area contributed by atoms with Crippen molar-refractivity contribution in [2.24, 2.45) is 0 Å². The molecule has 102 valence electrons. The Morgan fingerprint density at radius 1 is 1.56 bits per heavy atom. The number of hydrogen-bond acceptors (Lipinski definition) is 3. The van der Waals surface area contributed by atoms with E-state index in [0.717, 1.165) is 18.7 Å². The highest BCUT2D eigenvalue weighted by atomic mass is 16.4. The Labute approximate surface area is 108 Å². The van der Waals surface area contributed by atoms with Gasteiger partial charge in [0.2, 0.25) is 0 Å². The van der Waals surface area contributed by atoms with Crippen LogP contribution in [0.2, 0.25) is 0 Å². The van der Waals surface area contributed by atoms with Gasteiger partial charge in [-0.05, 0) is 26.0 Å². The predicted octanol–water partition coefficient (Wildman–Crippen LogP) is 2.15. The molecule has 0 saturated heterocycles. The molecule has 0 aliphatic heterocycles. The Balaban J connectivity index is 2.53. The Bertz CT molecular complexity index is 376. The summed E-state index contributed by atoms with van der Waals surface area (Å²) in [6.07, 6.45) is 3.23. The molecule has 0 aromatic carbocycles. The largest absolute Gasteiger partial charge is 0.481 e. The quantitative estimate of drug-likeness (QED) is 0.771. The van der Waals surface area contributed by atoms with E-state index in [9.17, 15) is 4.79 Å². The zero-order valence-corrected chi connectivity index (χ0v) is 11.5. The van der Waals surface area contributed by atoms with E-state index in [1.807, 2.05) is 23.9 Å². The Morgan fingerprint density at radius 2 is 2.28 bits per heavy atom. The molecule has 1 atom stereocenters. The molecule has 5 nitrogen and oxygen atoms in total. The van der Waals surface area contributed by atoms with Crippen LogP contribution in [0.3, 0.4) is 0 Å². The maximum Gasteiger partial charge on any atom is 0.304 e. The summed E-state index contributed by atoms with van der Waals surface area (Å²) in [5, 5.41) is 13.2. The van der Waals surface area contributed by atoms with Crippen LogP contribution in [0.25, 0.3) is 0 Å². The third-order valence-corrected chi connectivity index (χ3v) is 3.18. The van der Waals surface area contributed by atoms with E-state index in [1.165, 1.54) is 0 Å². The summed E-state index contributed by atoms with van der Waals surface area (Å²) in [7, 11) is 0. The third kappa shape index (κ3) is 4.49. The minimum atomic E-state index is -0.751. The minimum absolute atomic E-state index is 0.180. The maximum absolute atomic E-state index is 10.6. The summed E-state index contributed by atoms with van der Waals surface area (Å²) in [6, 6.07) is 2.42. The molecule has 1 rings (SSSR count). The first-order valence-electron chi connectivity index (χ1n) is 6.55. The van der Waals surface area contributed by atoms with Gasteiger partial charge in [-0.3, -0.25) is 14.4 Å². The lowest BCUT2D eigenvalue weighted by atomic mass is 10.3. The molecule has 1 N–H and O–H groups in total. The third-order valence-electron chi connectivity index (χ3n) is 3.18. The highest BCUT2D eigenvalue weighted by Gasteiger charge is 2.09. The fourth-order valence-corrected chi connectivity index (χ4v) is 1.73. The first kappa shape index (κ1) is 14.7. The van der Waals surface area contributed by atoms with E-state index in [4.69, 9.17) is 5.11 Å². The number of aliphatic carboxylic acids is 1. The summed E-state index contributed by atoms with van der Waals surface area (Å²) in [4.78, 5) is 12.7. The molecular weight excluding hydrogens is 230 g/mol. The van der Waals surface area contributed by atoms with Crippen LogP contribution in [0.15, 0.2) is 12.3 Å². The number of aromatic nitrogens is 2. The average Bonchev–Trinajstić information content (AvgIpc) is 2.81. The van der Waals surface area contributed by atoms with E-state index in [0.29, 0.717) is 19.1 Å². The summed E-state index contributed by atoms with van der Waals surface area (Å²) >= 11 is 0. The van der Waals surface area contributed by atoms with Crippen molar-refractivity contribution >= 4 is 5.97 Å². The fraction of sp³-hybridized carbons (Fsp3) is 0.692. The van der Waals surface area contributed by atoms with E-state index in [1.54, 1.807) is 0 Å². The Morgan fingerprint density at radius 3 is 2.83 bits per heavy atom. The van der Waals surface area contributed by atoms with Crippen LogP contribution in [0.5, 0.6) is 0 Å². The zero-order chi connectivity index (χ0) is 13.5. The van der Waals surface area contributed by atoms with Crippen LogP contribution in [-0.4, -0.2) is 38.8 Å². The van der Waals surface area contributed by atoms with E-state index >= 15 is 0 Å². The van der Waals surface area contributed by atoms with Gasteiger partial charge in [0, 0.05) is 25.3 Å². The van der Waals surface area contributed by atoms with E-state index in [2.05, 4.69) is 23.8 Å². The lowest BCUT2D eigenvalue weighted by Gasteiger charge is -2.18. The SMILES string of the molecule is CCC(C)n1ccc(CN(CC)CCC(=O)O)n1. The molecule has 1 aromatic heterocycles. The van der Waals surface area contributed by atoms with Crippen molar-refractivity contribution in [3.8, 4) is 0 Å². The molecule has 0 aliphatic carbocycles. The standard InChI is InChI=1S/C13H23N3O2/c1-4-11(3)16-9-6-12(14-16)10-15(5-2)8-7-13(17)18/h6,9,11H,4-5,7-8,10H2,1-3H3,(H,17,18). The van der Waals surface area contributed by atoms with Crippen molar-refractivity contribution in [3.63, 3.8) is 0 Å². The zero-order valence-electron chi connectivity index (χ0n) is 11.5. The molecule has 0 amide bonds. The Kier molecular flexibility index (Phi) is 5.85. The molecular formula is C13H23N3O2.